The van der Waals surface area contributed by atoms with E-state index in [0.717, 1.165) is 42.9 Å². The molecule has 1 spiro atoms. The minimum atomic E-state index is -4.67. The Labute approximate surface area is 161 Å². The molecule has 1 saturated carbocycles. The number of rotatable bonds is 6. The fraction of sp³-hybridized carbons (Fsp3) is 0.450. The van der Waals surface area contributed by atoms with E-state index < -0.39 is 6.36 Å². The number of halogens is 3. The average molecular weight is 393 g/mol. The van der Waals surface area contributed by atoms with Crippen molar-refractivity contribution in [3.8, 4) is 11.5 Å². The summed E-state index contributed by atoms with van der Waals surface area (Å²) in [6.45, 7) is 4.86. The van der Waals surface area contributed by atoms with Crippen LogP contribution < -0.4 is 14.4 Å². The van der Waals surface area contributed by atoms with Crippen LogP contribution in [0, 0.1) is 0 Å². The van der Waals surface area contributed by atoms with Gasteiger partial charge >= 0.3 is 6.36 Å². The maximum absolute atomic E-state index is 12.3. The van der Waals surface area contributed by atoms with Crippen molar-refractivity contribution in [1.29, 1.82) is 0 Å². The molecule has 150 valence electrons. The molecule has 1 saturated heterocycles. The molecule has 4 rings (SSSR count). The van der Waals surface area contributed by atoms with Gasteiger partial charge in [-0.3, -0.25) is 9.88 Å². The normalized spacial score (nSPS) is 18.5. The van der Waals surface area contributed by atoms with Gasteiger partial charge in [-0.05, 0) is 50.1 Å². The van der Waals surface area contributed by atoms with Gasteiger partial charge in [-0.1, -0.05) is 0 Å². The summed E-state index contributed by atoms with van der Waals surface area (Å²) < 4.78 is 46.7. The second-order valence-electron chi connectivity index (χ2n) is 7.22. The van der Waals surface area contributed by atoms with Crippen molar-refractivity contribution < 1.29 is 22.6 Å². The van der Waals surface area contributed by atoms with E-state index in [2.05, 4.69) is 19.5 Å². The Morgan fingerprint density at radius 3 is 2.54 bits per heavy atom. The van der Waals surface area contributed by atoms with Crippen molar-refractivity contribution in [2.75, 3.05) is 24.7 Å². The van der Waals surface area contributed by atoms with Crippen molar-refractivity contribution in [2.24, 2.45) is 0 Å². The van der Waals surface area contributed by atoms with Crippen LogP contribution in [0.25, 0.3) is 0 Å². The SMILES string of the molecule is CCOc1cnccc1CN1CN(c2ccc(OC(F)(F)F)cc2)CC12CC2. The maximum Gasteiger partial charge on any atom is 0.573 e. The molecule has 2 fully saturated rings. The van der Waals surface area contributed by atoms with Crippen molar-refractivity contribution >= 4 is 5.69 Å². The maximum atomic E-state index is 12.3. The highest BCUT2D eigenvalue weighted by molar-refractivity contribution is 5.51. The lowest BCUT2D eigenvalue weighted by molar-refractivity contribution is -0.274. The predicted molar refractivity (Wildman–Crippen MR) is 98.3 cm³/mol. The van der Waals surface area contributed by atoms with Crippen LogP contribution in [0.1, 0.15) is 25.3 Å². The average Bonchev–Trinajstić information content (AvgIpc) is 3.33. The van der Waals surface area contributed by atoms with Crippen LogP contribution >= 0.6 is 0 Å². The number of hydrogen-bond donors (Lipinski definition) is 0. The quantitative estimate of drug-likeness (QED) is 0.736. The zero-order valence-corrected chi connectivity index (χ0v) is 15.6. The molecule has 5 nitrogen and oxygen atoms in total. The van der Waals surface area contributed by atoms with Gasteiger partial charge in [-0.25, -0.2) is 0 Å². The lowest BCUT2D eigenvalue weighted by Gasteiger charge is -2.23. The van der Waals surface area contributed by atoms with Crippen LogP contribution in [0.3, 0.4) is 0 Å². The van der Waals surface area contributed by atoms with E-state index in [-0.39, 0.29) is 11.3 Å². The number of nitrogens with zero attached hydrogens (tertiary/aromatic N) is 3. The molecular weight excluding hydrogens is 371 g/mol. The first-order chi connectivity index (χ1) is 13.4. The number of pyridine rings is 1. The highest BCUT2D eigenvalue weighted by Crippen LogP contribution is 2.48. The number of hydrogen-bond acceptors (Lipinski definition) is 5. The molecule has 1 aliphatic carbocycles. The van der Waals surface area contributed by atoms with E-state index in [0.29, 0.717) is 13.3 Å². The number of aromatic nitrogens is 1. The van der Waals surface area contributed by atoms with E-state index in [4.69, 9.17) is 4.74 Å². The third-order valence-corrected chi connectivity index (χ3v) is 5.29. The monoisotopic (exact) mass is 393 g/mol. The third-order valence-electron chi connectivity index (χ3n) is 5.29. The van der Waals surface area contributed by atoms with Gasteiger partial charge in [0.05, 0.1) is 19.5 Å². The lowest BCUT2D eigenvalue weighted by Crippen LogP contribution is -2.32. The van der Waals surface area contributed by atoms with Crippen molar-refractivity contribution in [2.45, 2.75) is 38.2 Å². The van der Waals surface area contributed by atoms with Gasteiger partial charge in [-0.15, -0.1) is 13.2 Å². The molecule has 0 amide bonds. The van der Waals surface area contributed by atoms with Crippen molar-refractivity contribution in [3.63, 3.8) is 0 Å². The Balaban J connectivity index is 1.47. The Hall–Kier alpha value is -2.48. The molecule has 1 aromatic heterocycles. The number of ether oxygens (including phenoxy) is 2. The van der Waals surface area contributed by atoms with E-state index in [1.165, 1.54) is 12.1 Å². The van der Waals surface area contributed by atoms with Crippen LogP contribution in [0.2, 0.25) is 0 Å². The molecule has 2 heterocycles. The largest absolute Gasteiger partial charge is 0.573 e. The molecule has 2 aromatic rings. The molecule has 0 N–H and O–H groups in total. The zero-order valence-electron chi connectivity index (χ0n) is 15.6. The summed E-state index contributed by atoms with van der Waals surface area (Å²) in [5.41, 5.74) is 2.12. The van der Waals surface area contributed by atoms with Crippen molar-refractivity contribution in [3.05, 3.63) is 48.3 Å². The molecular formula is C20H22F3N3O2. The molecule has 1 aliphatic heterocycles. The highest BCUT2D eigenvalue weighted by Gasteiger charge is 2.53. The summed E-state index contributed by atoms with van der Waals surface area (Å²) in [4.78, 5) is 8.76. The second-order valence-corrected chi connectivity index (χ2v) is 7.22. The minimum Gasteiger partial charge on any atom is -0.492 e. The molecule has 0 atom stereocenters. The molecule has 8 heteroatoms. The Morgan fingerprint density at radius 2 is 1.89 bits per heavy atom. The first-order valence-corrected chi connectivity index (χ1v) is 9.30. The molecule has 0 radical (unpaired) electrons. The minimum absolute atomic E-state index is 0.133. The van der Waals surface area contributed by atoms with Gasteiger partial charge < -0.3 is 14.4 Å². The first kappa shape index (κ1) is 18.9. The Kier molecular flexibility index (Phi) is 4.82. The molecule has 2 aliphatic rings. The van der Waals surface area contributed by atoms with E-state index >= 15 is 0 Å². The summed E-state index contributed by atoms with van der Waals surface area (Å²) in [6.07, 6.45) is 1.07. The van der Waals surface area contributed by atoms with Gasteiger partial charge in [0.2, 0.25) is 0 Å². The fourth-order valence-corrected chi connectivity index (χ4v) is 3.76. The zero-order chi connectivity index (χ0) is 19.8. The summed E-state index contributed by atoms with van der Waals surface area (Å²) >= 11 is 0. The van der Waals surface area contributed by atoms with Crippen LogP contribution in [0.4, 0.5) is 18.9 Å². The van der Waals surface area contributed by atoms with Crippen LogP contribution in [0.15, 0.2) is 42.7 Å². The molecule has 1 aromatic carbocycles. The first-order valence-electron chi connectivity index (χ1n) is 9.30. The summed E-state index contributed by atoms with van der Waals surface area (Å²) in [5.74, 6) is 0.597. The van der Waals surface area contributed by atoms with Crippen molar-refractivity contribution in [1.82, 2.24) is 9.88 Å². The Bertz CT molecular complexity index is 822. The van der Waals surface area contributed by atoms with E-state index in [1.54, 1.807) is 24.5 Å². The van der Waals surface area contributed by atoms with Crippen LogP contribution in [-0.4, -0.2) is 41.6 Å². The summed E-state index contributed by atoms with van der Waals surface area (Å²) in [6, 6.07) is 8.06. The lowest BCUT2D eigenvalue weighted by atomic mass is 10.2. The highest BCUT2D eigenvalue weighted by atomic mass is 19.4. The standard InChI is InChI=1S/C20H22F3N3O2/c1-2-27-18-11-24-10-7-15(18)12-26-14-25(13-19(26)8-9-19)16-3-5-17(6-4-16)28-20(21,22)23/h3-7,10-11H,2,8-9,12-14H2,1H3. The number of anilines is 1. The molecule has 0 bridgehead atoms. The smallest absolute Gasteiger partial charge is 0.492 e. The topological polar surface area (TPSA) is 37.8 Å². The van der Waals surface area contributed by atoms with Crippen LogP contribution in [0.5, 0.6) is 11.5 Å². The third kappa shape index (κ3) is 4.01. The number of benzene rings is 1. The molecule has 0 unspecified atom stereocenters. The summed E-state index contributed by atoms with van der Waals surface area (Å²) in [5, 5.41) is 0. The predicted octanol–water partition coefficient (Wildman–Crippen LogP) is 4.19. The van der Waals surface area contributed by atoms with Gasteiger partial charge in [-0.2, -0.15) is 0 Å². The van der Waals surface area contributed by atoms with Gasteiger partial charge in [0, 0.05) is 36.1 Å². The summed E-state index contributed by atoms with van der Waals surface area (Å²) in [7, 11) is 0. The van der Waals surface area contributed by atoms with E-state index in [9.17, 15) is 13.2 Å². The molecule has 28 heavy (non-hydrogen) atoms. The van der Waals surface area contributed by atoms with Gasteiger partial charge in [0.1, 0.15) is 11.5 Å². The fourth-order valence-electron chi connectivity index (χ4n) is 3.76. The number of alkyl halides is 3. The second kappa shape index (κ2) is 7.16. The van der Waals surface area contributed by atoms with Crippen LogP contribution in [-0.2, 0) is 6.54 Å². The Morgan fingerprint density at radius 1 is 1.14 bits per heavy atom. The van der Waals surface area contributed by atoms with Gasteiger partial charge in [0.15, 0.2) is 0 Å². The van der Waals surface area contributed by atoms with Gasteiger partial charge in [0.25, 0.3) is 0 Å². The van der Waals surface area contributed by atoms with E-state index in [1.807, 2.05) is 13.0 Å².